The van der Waals surface area contributed by atoms with Crippen LogP contribution in [-0.2, 0) is 14.2 Å². The number of aliphatic carboxylic acids is 1. The van der Waals surface area contributed by atoms with Gasteiger partial charge < -0.3 is 20.5 Å². The lowest BCUT2D eigenvalue weighted by Crippen LogP contribution is -2.40. The fourth-order valence-corrected chi connectivity index (χ4v) is 2.77. The predicted octanol–water partition coefficient (Wildman–Crippen LogP) is 0.530. The maximum Gasteiger partial charge on any atom is 0.458 e. The molecule has 0 bridgehead atoms. The lowest BCUT2D eigenvalue weighted by atomic mass is 9.64. The number of thioether (sulfide) groups is 1. The van der Waals surface area contributed by atoms with Crippen molar-refractivity contribution in [3.05, 3.63) is 0 Å². The van der Waals surface area contributed by atoms with E-state index in [1.807, 2.05) is 6.26 Å². The third kappa shape index (κ3) is 5.82. The minimum absolute atomic E-state index is 0.0663. The molecule has 6 nitrogen and oxygen atoms in total. The van der Waals surface area contributed by atoms with Crippen LogP contribution in [0.15, 0.2) is 0 Å². The number of carboxylic acids is 1. The van der Waals surface area contributed by atoms with Gasteiger partial charge in [0.1, 0.15) is 5.78 Å². The van der Waals surface area contributed by atoms with E-state index in [-0.39, 0.29) is 24.4 Å². The molecular weight excluding hydrogens is 281 g/mol. The summed E-state index contributed by atoms with van der Waals surface area (Å²) in [6.45, 7) is 0. The van der Waals surface area contributed by atoms with Gasteiger partial charge in [-0.15, -0.1) is 0 Å². The van der Waals surface area contributed by atoms with Crippen LogP contribution in [0.1, 0.15) is 32.1 Å². The fourth-order valence-electron chi connectivity index (χ4n) is 2.28. The largest absolute Gasteiger partial charge is 0.481 e. The molecule has 1 saturated heterocycles. The predicted molar refractivity (Wildman–Crippen MR) is 78.7 cm³/mol. The highest BCUT2D eigenvalue weighted by molar-refractivity contribution is 7.98. The normalized spacial score (nSPS) is 24.4. The average Bonchev–Trinajstić information content (AvgIpc) is 2.38. The van der Waals surface area contributed by atoms with Gasteiger partial charge in [-0.25, -0.2) is 0 Å². The Labute approximate surface area is 123 Å². The van der Waals surface area contributed by atoms with Crippen LogP contribution in [0.4, 0.5) is 0 Å². The van der Waals surface area contributed by atoms with Crippen molar-refractivity contribution in [2.24, 2.45) is 5.73 Å². The van der Waals surface area contributed by atoms with Gasteiger partial charge in [0.25, 0.3) is 0 Å². The number of carbonyl (C=O) groups excluding carboxylic acids is 1. The first-order chi connectivity index (χ1) is 9.43. The van der Waals surface area contributed by atoms with Crippen LogP contribution in [0.3, 0.4) is 0 Å². The first-order valence-electron chi connectivity index (χ1n) is 6.76. The minimum atomic E-state index is -1.08. The number of carbonyl (C=O) groups is 2. The van der Waals surface area contributed by atoms with E-state index in [2.05, 4.69) is 0 Å². The minimum Gasteiger partial charge on any atom is -0.481 e. The molecule has 1 fully saturated rings. The van der Waals surface area contributed by atoms with E-state index in [1.54, 1.807) is 11.8 Å². The number of rotatable bonds is 8. The molecule has 1 aliphatic rings. The zero-order valence-electron chi connectivity index (χ0n) is 11.7. The van der Waals surface area contributed by atoms with Gasteiger partial charge in [-0.1, -0.05) is 0 Å². The van der Waals surface area contributed by atoms with Gasteiger partial charge in [-0.05, 0) is 31.3 Å². The molecule has 0 aromatic carbocycles. The highest BCUT2D eigenvalue weighted by Crippen LogP contribution is 2.31. The topological polar surface area (TPSA) is 110 Å². The number of ketones is 1. The van der Waals surface area contributed by atoms with Crippen LogP contribution < -0.4 is 5.73 Å². The molecule has 0 saturated carbocycles. The Morgan fingerprint density at radius 3 is 2.70 bits per heavy atom. The van der Waals surface area contributed by atoms with Crippen molar-refractivity contribution in [1.82, 2.24) is 0 Å². The molecule has 114 valence electrons. The number of hydrogen-bond acceptors (Lipinski definition) is 6. The fraction of sp³-hybridized carbons (Fsp3) is 0.833. The van der Waals surface area contributed by atoms with Crippen LogP contribution in [0.5, 0.6) is 0 Å². The summed E-state index contributed by atoms with van der Waals surface area (Å²) in [5, 5.41) is 18.5. The van der Waals surface area contributed by atoms with Crippen LogP contribution in [0.2, 0.25) is 5.82 Å². The Bertz CT molecular complexity index is 344. The Balaban J connectivity index is 2.38. The molecule has 0 radical (unpaired) electrons. The molecule has 8 heteroatoms. The first kappa shape index (κ1) is 17.5. The van der Waals surface area contributed by atoms with Gasteiger partial charge in [0.2, 0.25) is 0 Å². The highest BCUT2D eigenvalue weighted by Gasteiger charge is 2.37. The van der Waals surface area contributed by atoms with Crippen molar-refractivity contribution in [2.75, 3.05) is 12.0 Å². The molecule has 1 heterocycles. The van der Waals surface area contributed by atoms with Crippen LogP contribution in [0, 0.1) is 0 Å². The second kappa shape index (κ2) is 8.66. The lowest BCUT2D eigenvalue weighted by Gasteiger charge is -2.30. The lowest BCUT2D eigenvalue weighted by molar-refractivity contribution is -0.139. The Hall–Kier alpha value is -0.565. The zero-order valence-corrected chi connectivity index (χ0v) is 12.5. The molecule has 0 aromatic rings. The maximum atomic E-state index is 11.9. The van der Waals surface area contributed by atoms with Crippen LogP contribution in [-0.4, -0.2) is 53.2 Å². The molecule has 0 aromatic heterocycles. The molecule has 4 N–H and O–H groups in total. The first-order valence-corrected chi connectivity index (χ1v) is 8.16. The number of carboxylic acid groups (broad SMARTS) is 1. The molecule has 1 rings (SSSR count). The molecule has 20 heavy (non-hydrogen) atoms. The number of nitrogens with two attached hydrogens (primary N) is 1. The molecule has 0 amide bonds. The third-order valence-corrected chi connectivity index (χ3v) is 4.15. The van der Waals surface area contributed by atoms with E-state index in [0.717, 1.165) is 5.75 Å². The molecule has 0 aliphatic carbocycles. The summed E-state index contributed by atoms with van der Waals surface area (Å²) in [7, 11) is -1.08. The summed E-state index contributed by atoms with van der Waals surface area (Å²) in [5.41, 5.74) is 5.80. The molecule has 3 atom stereocenters. The summed E-state index contributed by atoms with van der Waals surface area (Å²) in [6.07, 6.45) is 3.31. The molecular formula is C12H22BNO5S. The smallest absolute Gasteiger partial charge is 0.458 e. The number of hydrogen-bond donors (Lipinski definition) is 3. The van der Waals surface area contributed by atoms with Gasteiger partial charge in [0.15, 0.2) is 0 Å². The van der Waals surface area contributed by atoms with Crippen molar-refractivity contribution in [1.29, 1.82) is 0 Å². The Kier molecular flexibility index (Phi) is 7.57. The molecule has 1 aliphatic heterocycles. The summed E-state index contributed by atoms with van der Waals surface area (Å²) in [6, 6.07) is -0.494. The van der Waals surface area contributed by atoms with Crippen molar-refractivity contribution < 1.29 is 24.4 Å². The standard InChI is InChI=1S/C12H22BNO5S/c1-20-5-4-10(14)11(15)6-8-2-3-9(7-12(16)17)19-13(8)18/h8-10,18H,2-7,14H2,1H3,(H,16,17)/t8-,9+,10?/m1/s1. The Morgan fingerprint density at radius 1 is 1.45 bits per heavy atom. The quantitative estimate of drug-likeness (QED) is 0.561. The second-order valence-electron chi connectivity index (χ2n) is 5.14. The summed E-state index contributed by atoms with van der Waals surface area (Å²) in [5.74, 6) is -0.468. The van der Waals surface area contributed by atoms with E-state index in [9.17, 15) is 14.6 Å². The van der Waals surface area contributed by atoms with Gasteiger partial charge in [0, 0.05) is 12.2 Å². The van der Waals surface area contributed by atoms with E-state index in [4.69, 9.17) is 15.5 Å². The van der Waals surface area contributed by atoms with E-state index >= 15 is 0 Å². The van der Waals surface area contributed by atoms with Crippen molar-refractivity contribution in [2.45, 2.75) is 50.1 Å². The average molecular weight is 303 g/mol. The highest BCUT2D eigenvalue weighted by atomic mass is 32.2. The van der Waals surface area contributed by atoms with Gasteiger partial charge in [0.05, 0.1) is 18.6 Å². The van der Waals surface area contributed by atoms with Gasteiger partial charge in [-0.3, -0.25) is 9.59 Å². The van der Waals surface area contributed by atoms with Crippen molar-refractivity contribution in [3.8, 4) is 0 Å². The SMILES string of the molecule is CSCCC(N)C(=O)C[C@H]1CC[C@@H](CC(=O)O)OB1O. The summed E-state index contributed by atoms with van der Waals surface area (Å²) >= 11 is 1.64. The van der Waals surface area contributed by atoms with Crippen LogP contribution in [0.25, 0.3) is 0 Å². The van der Waals surface area contributed by atoms with E-state index in [1.165, 1.54) is 0 Å². The van der Waals surface area contributed by atoms with Crippen molar-refractivity contribution in [3.63, 3.8) is 0 Å². The van der Waals surface area contributed by atoms with E-state index < -0.39 is 25.2 Å². The van der Waals surface area contributed by atoms with E-state index in [0.29, 0.717) is 19.3 Å². The monoisotopic (exact) mass is 303 g/mol. The van der Waals surface area contributed by atoms with Gasteiger partial charge in [-0.2, -0.15) is 11.8 Å². The number of Topliss-reactive ketones (excluding diaryl/α,β-unsaturated/α-hetero) is 1. The van der Waals surface area contributed by atoms with Gasteiger partial charge >= 0.3 is 13.1 Å². The molecule has 0 spiro atoms. The van der Waals surface area contributed by atoms with Crippen LogP contribution >= 0.6 is 11.8 Å². The third-order valence-electron chi connectivity index (χ3n) is 3.51. The van der Waals surface area contributed by atoms with Crippen molar-refractivity contribution >= 4 is 30.6 Å². The summed E-state index contributed by atoms with van der Waals surface area (Å²) in [4.78, 5) is 22.5. The maximum absolute atomic E-state index is 11.9. The Morgan fingerprint density at radius 2 is 2.15 bits per heavy atom. The molecule has 1 unspecified atom stereocenters. The second-order valence-corrected chi connectivity index (χ2v) is 6.13. The summed E-state index contributed by atoms with van der Waals surface area (Å²) < 4.78 is 5.25. The zero-order chi connectivity index (χ0) is 15.1.